The number of benzene rings is 1. The summed E-state index contributed by atoms with van der Waals surface area (Å²) in [4.78, 5) is 3.84. The Balaban J connectivity index is 2.22. The molecule has 2 rings (SSSR count). The maximum Gasteiger partial charge on any atom is 0.153 e. The van der Waals surface area contributed by atoms with E-state index < -0.39 is 0 Å². The Labute approximate surface area is 86.3 Å². The molecule has 1 heterocycles. The fraction of sp³-hybridized carbons (Fsp3) is 0. The molecule has 0 saturated carbocycles. The van der Waals surface area contributed by atoms with Crippen LogP contribution in [0, 0.1) is 5.82 Å². The summed E-state index contributed by atoms with van der Waals surface area (Å²) < 4.78 is 18.0. The molecule has 0 bridgehead atoms. The van der Waals surface area contributed by atoms with E-state index in [-0.39, 0.29) is 5.82 Å². The van der Waals surface area contributed by atoms with Crippen molar-refractivity contribution >= 4 is 5.69 Å². The first-order valence-electron chi connectivity index (χ1n) is 4.38. The molecule has 3 nitrogen and oxygen atoms in total. The van der Waals surface area contributed by atoms with Crippen molar-refractivity contribution in [3.8, 4) is 11.5 Å². The second-order valence-electron chi connectivity index (χ2n) is 2.97. The molecule has 0 spiro atoms. The highest BCUT2D eigenvalue weighted by molar-refractivity contribution is 5.51. The summed E-state index contributed by atoms with van der Waals surface area (Å²) >= 11 is 0. The number of rotatable bonds is 2. The van der Waals surface area contributed by atoms with E-state index in [0.29, 0.717) is 17.2 Å². The minimum atomic E-state index is -0.301. The van der Waals surface area contributed by atoms with Gasteiger partial charge in [-0.3, -0.25) is 4.98 Å². The van der Waals surface area contributed by atoms with E-state index >= 15 is 0 Å². The maximum absolute atomic E-state index is 12.6. The first kappa shape index (κ1) is 9.45. The summed E-state index contributed by atoms with van der Waals surface area (Å²) in [6, 6.07) is 7.38. The van der Waals surface area contributed by atoms with Crippen LogP contribution in [0.3, 0.4) is 0 Å². The Morgan fingerprint density at radius 1 is 1.13 bits per heavy atom. The Hall–Kier alpha value is -2.10. The van der Waals surface area contributed by atoms with Crippen molar-refractivity contribution in [2.24, 2.45) is 0 Å². The van der Waals surface area contributed by atoms with Crippen LogP contribution in [0.4, 0.5) is 10.1 Å². The molecule has 4 heteroatoms. The van der Waals surface area contributed by atoms with Crippen LogP contribution in [-0.4, -0.2) is 4.98 Å². The van der Waals surface area contributed by atoms with Crippen LogP contribution in [0.5, 0.6) is 11.5 Å². The number of nitrogens with two attached hydrogens (primary N) is 1. The van der Waals surface area contributed by atoms with E-state index in [4.69, 9.17) is 10.5 Å². The van der Waals surface area contributed by atoms with Gasteiger partial charge in [-0.2, -0.15) is 0 Å². The van der Waals surface area contributed by atoms with Crippen molar-refractivity contribution < 1.29 is 9.13 Å². The first-order chi connectivity index (χ1) is 7.25. The van der Waals surface area contributed by atoms with Crippen LogP contribution in [0.15, 0.2) is 42.7 Å². The predicted octanol–water partition coefficient (Wildman–Crippen LogP) is 2.60. The number of hydrogen-bond donors (Lipinski definition) is 1. The lowest BCUT2D eigenvalue weighted by atomic mass is 10.3. The lowest BCUT2D eigenvalue weighted by Crippen LogP contribution is -1.92. The molecule has 1 aromatic carbocycles. The summed E-state index contributed by atoms with van der Waals surface area (Å²) in [7, 11) is 0. The van der Waals surface area contributed by atoms with Gasteiger partial charge in [0.25, 0.3) is 0 Å². The topological polar surface area (TPSA) is 48.1 Å². The smallest absolute Gasteiger partial charge is 0.153 e. The minimum Gasteiger partial charge on any atom is -0.455 e. The molecule has 2 N–H and O–H groups in total. The highest BCUT2D eigenvalue weighted by Crippen LogP contribution is 2.25. The van der Waals surface area contributed by atoms with Crippen molar-refractivity contribution in [2.75, 3.05) is 5.73 Å². The second-order valence-corrected chi connectivity index (χ2v) is 2.97. The normalized spacial score (nSPS) is 9.93. The number of hydrogen-bond acceptors (Lipinski definition) is 3. The molecule has 0 aliphatic carbocycles. The van der Waals surface area contributed by atoms with Crippen LogP contribution in [0.1, 0.15) is 0 Å². The van der Waals surface area contributed by atoms with E-state index in [1.54, 1.807) is 12.3 Å². The van der Waals surface area contributed by atoms with Gasteiger partial charge in [0.15, 0.2) is 5.75 Å². The Morgan fingerprint density at radius 2 is 1.87 bits per heavy atom. The molecule has 0 atom stereocenters. The van der Waals surface area contributed by atoms with Crippen molar-refractivity contribution in [2.45, 2.75) is 0 Å². The molecule has 0 amide bonds. The van der Waals surface area contributed by atoms with Crippen molar-refractivity contribution in [1.29, 1.82) is 0 Å². The van der Waals surface area contributed by atoms with E-state index in [1.807, 2.05) is 0 Å². The molecule has 0 radical (unpaired) electrons. The number of nitrogen functional groups attached to an aromatic ring is 1. The second kappa shape index (κ2) is 3.96. The molecule has 0 unspecified atom stereocenters. The van der Waals surface area contributed by atoms with E-state index in [0.717, 1.165) is 0 Å². The Bertz CT molecular complexity index is 456. The zero-order chi connectivity index (χ0) is 10.7. The van der Waals surface area contributed by atoms with Crippen molar-refractivity contribution in [3.63, 3.8) is 0 Å². The standard InChI is InChI=1S/C11H9FN2O/c12-8-1-3-9(4-2-8)15-11-5-6-14-7-10(11)13/h1-7H,13H2. The zero-order valence-electron chi connectivity index (χ0n) is 7.85. The van der Waals surface area contributed by atoms with Gasteiger partial charge in [-0.1, -0.05) is 0 Å². The van der Waals surface area contributed by atoms with Gasteiger partial charge < -0.3 is 10.5 Å². The predicted molar refractivity (Wildman–Crippen MR) is 55.1 cm³/mol. The van der Waals surface area contributed by atoms with Gasteiger partial charge in [0.05, 0.1) is 11.9 Å². The summed E-state index contributed by atoms with van der Waals surface area (Å²) in [5.74, 6) is 0.746. The van der Waals surface area contributed by atoms with E-state index in [9.17, 15) is 4.39 Å². The number of anilines is 1. The van der Waals surface area contributed by atoms with Crippen LogP contribution >= 0.6 is 0 Å². The monoisotopic (exact) mass is 204 g/mol. The van der Waals surface area contributed by atoms with Crippen LogP contribution in [-0.2, 0) is 0 Å². The third-order valence-electron chi connectivity index (χ3n) is 1.85. The summed E-state index contributed by atoms with van der Waals surface area (Å²) in [5, 5.41) is 0. The average molecular weight is 204 g/mol. The van der Waals surface area contributed by atoms with Crippen molar-refractivity contribution in [3.05, 3.63) is 48.5 Å². The zero-order valence-corrected chi connectivity index (χ0v) is 7.85. The molecule has 0 aliphatic rings. The van der Waals surface area contributed by atoms with Gasteiger partial charge in [0, 0.05) is 12.3 Å². The van der Waals surface area contributed by atoms with Gasteiger partial charge in [0.2, 0.25) is 0 Å². The van der Waals surface area contributed by atoms with Gasteiger partial charge >= 0.3 is 0 Å². The highest BCUT2D eigenvalue weighted by Gasteiger charge is 2.01. The highest BCUT2D eigenvalue weighted by atomic mass is 19.1. The number of halogens is 1. The van der Waals surface area contributed by atoms with Gasteiger partial charge in [-0.05, 0) is 24.3 Å². The van der Waals surface area contributed by atoms with Gasteiger partial charge in [-0.15, -0.1) is 0 Å². The molecular weight excluding hydrogens is 195 g/mol. The summed E-state index contributed by atoms with van der Waals surface area (Å²) in [6.07, 6.45) is 3.08. The van der Waals surface area contributed by atoms with Crippen LogP contribution in [0.25, 0.3) is 0 Å². The van der Waals surface area contributed by atoms with E-state index in [2.05, 4.69) is 4.98 Å². The molecule has 15 heavy (non-hydrogen) atoms. The third kappa shape index (κ3) is 2.22. The number of pyridine rings is 1. The number of aromatic nitrogens is 1. The molecule has 0 saturated heterocycles. The Morgan fingerprint density at radius 3 is 2.53 bits per heavy atom. The number of ether oxygens (including phenoxy) is 1. The molecule has 0 fully saturated rings. The van der Waals surface area contributed by atoms with Crippen LogP contribution < -0.4 is 10.5 Å². The fourth-order valence-corrected chi connectivity index (χ4v) is 1.12. The minimum absolute atomic E-state index is 0.301. The summed E-state index contributed by atoms with van der Waals surface area (Å²) in [5.41, 5.74) is 6.08. The number of nitrogens with zero attached hydrogens (tertiary/aromatic N) is 1. The molecule has 0 aliphatic heterocycles. The molecular formula is C11H9FN2O. The van der Waals surface area contributed by atoms with Gasteiger partial charge in [-0.25, -0.2) is 4.39 Å². The quantitative estimate of drug-likeness (QED) is 0.817. The van der Waals surface area contributed by atoms with Crippen LogP contribution in [0.2, 0.25) is 0 Å². The summed E-state index contributed by atoms with van der Waals surface area (Å²) in [6.45, 7) is 0. The molecule has 76 valence electrons. The average Bonchev–Trinajstić information content (AvgIpc) is 2.25. The molecule has 1 aromatic heterocycles. The van der Waals surface area contributed by atoms with Crippen molar-refractivity contribution in [1.82, 2.24) is 4.98 Å². The Kier molecular flexibility index (Phi) is 2.49. The largest absolute Gasteiger partial charge is 0.455 e. The lowest BCUT2D eigenvalue weighted by Gasteiger charge is -2.06. The SMILES string of the molecule is Nc1cnccc1Oc1ccc(F)cc1. The van der Waals surface area contributed by atoms with Gasteiger partial charge in [0.1, 0.15) is 11.6 Å². The van der Waals surface area contributed by atoms with E-state index in [1.165, 1.54) is 30.5 Å². The fourth-order valence-electron chi connectivity index (χ4n) is 1.12. The lowest BCUT2D eigenvalue weighted by molar-refractivity contribution is 0.482. The molecule has 2 aromatic rings. The third-order valence-corrected chi connectivity index (χ3v) is 1.85. The maximum atomic E-state index is 12.6. The first-order valence-corrected chi connectivity index (χ1v) is 4.38.